The zero-order chi connectivity index (χ0) is 24.6. The first-order valence-electron chi connectivity index (χ1n) is 11.1. The van der Waals surface area contributed by atoms with Crippen molar-refractivity contribution in [1.82, 2.24) is 5.32 Å². The highest BCUT2D eigenvalue weighted by Gasteiger charge is 2.34. The van der Waals surface area contributed by atoms with Crippen molar-refractivity contribution in [2.45, 2.75) is 19.0 Å². The fraction of sp³-hybridized carbons (Fsp3) is 0.143. The van der Waals surface area contributed by atoms with Crippen LogP contribution < -0.4 is 15.0 Å². The van der Waals surface area contributed by atoms with Crippen LogP contribution in [-0.4, -0.2) is 18.9 Å². The number of rotatable bonds is 9. The monoisotopic (exact) mass is 488 g/mol. The van der Waals surface area contributed by atoms with E-state index in [4.69, 9.17) is 4.74 Å². The molecule has 0 bridgehead atoms. The van der Waals surface area contributed by atoms with E-state index in [0.29, 0.717) is 11.3 Å². The van der Waals surface area contributed by atoms with Crippen LogP contribution in [0.5, 0.6) is 5.75 Å². The highest BCUT2D eigenvalue weighted by molar-refractivity contribution is 7.10. The molecule has 3 aromatic carbocycles. The van der Waals surface area contributed by atoms with Gasteiger partial charge in [0.15, 0.2) is 0 Å². The van der Waals surface area contributed by atoms with Crippen molar-refractivity contribution in [2.75, 3.05) is 12.0 Å². The van der Waals surface area contributed by atoms with Crippen LogP contribution in [-0.2, 0) is 22.6 Å². The smallest absolute Gasteiger partial charge is 0.248 e. The molecule has 35 heavy (non-hydrogen) atoms. The molecule has 4 rings (SSSR count). The lowest BCUT2D eigenvalue weighted by Crippen LogP contribution is -2.44. The number of carbonyl (C=O) groups is 2. The van der Waals surface area contributed by atoms with E-state index in [1.54, 1.807) is 43.5 Å². The Labute approximate surface area is 207 Å². The number of ether oxygens (including phenoxy) is 1. The van der Waals surface area contributed by atoms with E-state index in [2.05, 4.69) is 5.32 Å². The van der Waals surface area contributed by atoms with E-state index in [1.165, 1.54) is 28.4 Å². The number of halogens is 1. The van der Waals surface area contributed by atoms with E-state index < -0.39 is 17.8 Å². The maximum absolute atomic E-state index is 15.0. The van der Waals surface area contributed by atoms with Crippen LogP contribution >= 0.6 is 11.3 Å². The van der Waals surface area contributed by atoms with E-state index in [-0.39, 0.29) is 24.6 Å². The van der Waals surface area contributed by atoms with Crippen molar-refractivity contribution < 1.29 is 18.7 Å². The molecule has 1 heterocycles. The molecule has 1 atom stereocenters. The minimum Gasteiger partial charge on any atom is -0.497 e. The van der Waals surface area contributed by atoms with Gasteiger partial charge in [-0.15, -0.1) is 11.3 Å². The summed E-state index contributed by atoms with van der Waals surface area (Å²) in [4.78, 5) is 29.3. The summed E-state index contributed by atoms with van der Waals surface area (Å²) in [6.45, 7) is 0.246. The topological polar surface area (TPSA) is 58.6 Å². The molecule has 0 unspecified atom stereocenters. The fourth-order valence-electron chi connectivity index (χ4n) is 3.79. The lowest BCUT2D eigenvalue weighted by atomic mass is 10.0. The molecule has 0 radical (unpaired) electrons. The number of nitrogens with one attached hydrogen (secondary N) is 1. The lowest BCUT2D eigenvalue weighted by Gasteiger charge is -2.31. The third-order valence-electron chi connectivity index (χ3n) is 5.53. The Morgan fingerprint density at radius 3 is 2.31 bits per heavy atom. The number of benzene rings is 3. The van der Waals surface area contributed by atoms with Gasteiger partial charge in [0.05, 0.1) is 19.2 Å². The second-order valence-corrected chi connectivity index (χ2v) is 8.88. The number of carbonyl (C=O) groups excluding carboxylic acids is 2. The van der Waals surface area contributed by atoms with Crippen LogP contribution in [0.25, 0.3) is 0 Å². The van der Waals surface area contributed by atoms with E-state index >= 15 is 4.39 Å². The zero-order valence-corrected chi connectivity index (χ0v) is 20.0. The van der Waals surface area contributed by atoms with E-state index in [9.17, 15) is 9.59 Å². The highest BCUT2D eigenvalue weighted by atomic mass is 32.1. The molecule has 0 saturated carbocycles. The van der Waals surface area contributed by atoms with Crippen molar-refractivity contribution in [2.24, 2.45) is 0 Å². The molecule has 1 aromatic heterocycles. The van der Waals surface area contributed by atoms with Gasteiger partial charge in [-0.2, -0.15) is 0 Å². The molecule has 2 amide bonds. The van der Waals surface area contributed by atoms with Gasteiger partial charge in [0, 0.05) is 11.4 Å². The van der Waals surface area contributed by atoms with Gasteiger partial charge in [0.1, 0.15) is 17.6 Å². The van der Waals surface area contributed by atoms with Crippen LogP contribution in [0.15, 0.2) is 96.4 Å². The van der Waals surface area contributed by atoms with Crippen LogP contribution in [0.1, 0.15) is 22.0 Å². The van der Waals surface area contributed by atoms with Gasteiger partial charge in [-0.05, 0) is 46.8 Å². The number of nitrogens with zero attached hydrogens (tertiary/aromatic N) is 1. The third-order valence-corrected chi connectivity index (χ3v) is 6.41. The lowest BCUT2D eigenvalue weighted by molar-refractivity contribution is -0.126. The summed E-state index contributed by atoms with van der Waals surface area (Å²) in [5, 5.41) is 4.81. The summed E-state index contributed by atoms with van der Waals surface area (Å²) >= 11 is 1.44. The molecule has 0 aliphatic carbocycles. The Bertz CT molecular complexity index is 1260. The van der Waals surface area contributed by atoms with Crippen molar-refractivity contribution in [3.05, 3.63) is 118 Å². The quantitative estimate of drug-likeness (QED) is 0.337. The molecule has 178 valence electrons. The minimum atomic E-state index is -1.06. The first-order valence-corrected chi connectivity index (χ1v) is 12.0. The number of methoxy groups -OCH3 is 1. The summed E-state index contributed by atoms with van der Waals surface area (Å²) < 4.78 is 20.2. The molecule has 5 nitrogen and oxygen atoms in total. The van der Waals surface area contributed by atoms with E-state index in [0.717, 1.165) is 10.4 Å². The van der Waals surface area contributed by atoms with Gasteiger partial charge in [0.25, 0.3) is 0 Å². The Morgan fingerprint density at radius 2 is 1.66 bits per heavy atom. The van der Waals surface area contributed by atoms with Crippen molar-refractivity contribution in [1.29, 1.82) is 0 Å². The van der Waals surface area contributed by atoms with Crippen LogP contribution in [0, 0.1) is 5.82 Å². The molecule has 0 aliphatic rings. The summed E-state index contributed by atoms with van der Waals surface area (Å²) in [6.07, 6.45) is 0.0566. The summed E-state index contributed by atoms with van der Waals surface area (Å²) in [5.41, 5.74) is 1.51. The second-order valence-electron chi connectivity index (χ2n) is 7.85. The summed E-state index contributed by atoms with van der Waals surface area (Å²) in [5.74, 6) is -0.635. The van der Waals surface area contributed by atoms with Gasteiger partial charge < -0.3 is 10.1 Å². The van der Waals surface area contributed by atoms with Gasteiger partial charge in [-0.3, -0.25) is 14.5 Å². The predicted molar refractivity (Wildman–Crippen MR) is 136 cm³/mol. The fourth-order valence-corrected chi connectivity index (χ4v) is 4.49. The Kier molecular flexibility index (Phi) is 7.90. The average molecular weight is 489 g/mol. The highest BCUT2D eigenvalue weighted by Crippen LogP contribution is 2.31. The molecule has 0 saturated heterocycles. The van der Waals surface area contributed by atoms with Gasteiger partial charge in [0.2, 0.25) is 11.8 Å². The molecule has 4 aromatic rings. The number of amides is 2. The Balaban J connectivity index is 1.69. The average Bonchev–Trinajstić information content (AvgIpc) is 3.40. The maximum atomic E-state index is 15.0. The summed E-state index contributed by atoms with van der Waals surface area (Å²) in [7, 11) is 1.59. The third kappa shape index (κ3) is 5.94. The van der Waals surface area contributed by atoms with E-state index in [1.807, 2.05) is 47.8 Å². The largest absolute Gasteiger partial charge is 0.497 e. The number of hydrogen-bond acceptors (Lipinski definition) is 4. The molecule has 1 N–H and O–H groups in total. The molecule has 7 heteroatoms. The Morgan fingerprint density at radius 1 is 0.943 bits per heavy atom. The SMILES string of the molecule is COc1ccc(CNC(=O)[C@H](c2ccccc2)N(C(=O)Cc2cccs2)c2ccccc2F)cc1. The predicted octanol–water partition coefficient (Wildman–Crippen LogP) is 5.53. The number of hydrogen-bond donors (Lipinski definition) is 1. The van der Waals surface area contributed by atoms with Crippen molar-refractivity contribution >= 4 is 28.8 Å². The standard InChI is InChI=1S/C28H25FN2O3S/c1-34-22-15-13-20(14-16-22)19-30-28(33)27(21-8-3-2-4-9-21)31(25-12-6-5-11-24(25)29)26(32)18-23-10-7-17-35-23/h2-17,27H,18-19H2,1H3,(H,30,33)/t27-/m0/s1. The van der Waals surface area contributed by atoms with Crippen molar-refractivity contribution in [3.63, 3.8) is 0 Å². The van der Waals surface area contributed by atoms with Crippen LogP contribution in [0.2, 0.25) is 0 Å². The van der Waals surface area contributed by atoms with Gasteiger partial charge in [-0.25, -0.2) is 4.39 Å². The molecule has 0 fully saturated rings. The second kappa shape index (κ2) is 11.4. The molecule has 0 spiro atoms. The molecule has 0 aliphatic heterocycles. The first-order chi connectivity index (χ1) is 17.1. The van der Waals surface area contributed by atoms with Gasteiger partial charge in [-0.1, -0.05) is 60.7 Å². The molecular formula is C28H25FN2O3S. The minimum absolute atomic E-state index is 0.0566. The Hall–Kier alpha value is -3.97. The van der Waals surface area contributed by atoms with Crippen LogP contribution in [0.4, 0.5) is 10.1 Å². The first kappa shape index (κ1) is 24.2. The maximum Gasteiger partial charge on any atom is 0.248 e. The normalized spacial score (nSPS) is 11.5. The zero-order valence-electron chi connectivity index (χ0n) is 19.2. The molecular weight excluding hydrogens is 463 g/mol. The van der Waals surface area contributed by atoms with Crippen LogP contribution in [0.3, 0.4) is 0 Å². The van der Waals surface area contributed by atoms with Gasteiger partial charge >= 0.3 is 0 Å². The van der Waals surface area contributed by atoms with Crippen molar-refractivity contribution in [3.8, 4) is 5.75 Å². The summed E-state index contributed by atoms with van der Waals surface area (Å²) in [6, 6.07) is 25.0. The number of thiophene rings is 1. The number of anilines is 1. The number of para-hydroxylation sites is 1.